The smallest absolute Gasteiger partial charge is 0.0801 e. The van der Waals surface area contributed by atoms with Crippen LogP contribution in [0.15, 0.2) is 18.2 Å². The summed E-state index contributed by atoms with van der Waals surface area (Å²) in [6.07, 6.45) is 0.190. The molecule has 0 aromatic heterocycles. The highest BCUT2D eigenvalue weighted by atomic mass is 16.5. The van der Waals surface area contributed by atoms with E-state index in [-0.39, 0.29) is 12.1 Å². The van der Waals surface area contributed by atoms with Crippen molar-refractivity contribution >= 4 is 0 Å². The zero-order valence-corrected chi connectivity index (χ0v) is 8.08. The molecule has 0 radical (unpaired) electrons. The summed E-state index contributed by atoms with van der Waals surface area (Å²) in [7, 11) is 0. The maximum absolute atomic E-state index is 5.95. The van der Waals surface area contributed by atoms with Crippen molar-refractivity contribution in [1.29, 1.82) is 0 Å². The molecule has 2 nitrogen and oxygen atoms in total. The first-order valence-corrected chi connectivity index (χ1v) is 4.66. The second-order valence-electron chi connectivity index (χ2n) is 3.71. The van der Waals surface area contributed by atoms with Crippen molar-refractivity contribution in [3.8, 4) is 0 Å². The average molecular weight is 177 g/mol. The van der Waals surface area contributed by atoms with Crippen molar-refractivity contribution in [2.75, 3.05) is 6.61 Å². The van der Waals surface area contributed by atoms with Gasteiger partial charge in [0.1, 0.15) is 0 Å². The van der Waals surface area contributed by atoms with Crippen molar-refractivity contribution in [2.24, 2.45) is 5.73 Å². The Labute approximate surface area is 78.7 Å². The Morgan fingerprint density at radius 3 is 2.92 bits per heavy atom. The van der Waals surface area contributed by atoms with Crippen molar-refractivity contribution in [1.82, 2.24) is 0 Å². The van der Waals surface area contributed by atoms with Crippen LogP contribution in [0.25, 0.3) is 0 Å². The fraction of sp³-hybridized carbons (Fsp3) is 0.455. The average Bonchev–Trinajstić information content (AvgIpc) is 2.12. The molecular weight excluding hydrogens is 162 g/mol. The number of benzene rings is 1. The maximum atomic E-state index is 5.95. The maximum Gasteiger partial charge on any atom is 0.0801 e. The lowest BCUT2D eigenvalue weighted by Gasteiger charge is -2.28. The number of ether oxygens (including phenoxy) is 1. The lowest BCUT2D eigenvalue weighted by atomic mass is 9.94. The van der Waals surface area contributed by atoms with Crippen molar-refractivity contribution in [3.05, 3.63) is 34.9 Å². The Morgan fingerprint density at radius 2 is 2.15 bits per heavy atom. The van der Waals surface area contributed by atoms with Gasteiger partial charge in [-0.3, -0.25) is 0 Å². The van der Waals surface area contributed by atoms with Crippen LogP contribution in [0.1, 0.15) is 35.8 Å². The Bertz CT molecular complexity index is 322. The van der Waals surface area contributed by atoms with Crippen LogP contribution in [0.3, 0.4) is 0 Å². The van der Waals surface area contributed by atoms with Crippen molar-refractivity contribution < 1.29 is 4.74 Å². The number of hydrogen-bond acceptors (Lipinski definition) is 2. The van der Waals surface area contributed by atoms with Crippen LogP contribution >= 0.6 is 0 Å². The van der Waals surface area contributed by atoms with E-state index in [4.69, 9.17) is 10.5 Å². The summed E-state index contributed by atoms with van der Waals surface area (Å²) >= 11 is 0. The molecule has 0 aliphatic carbocycles. The highest BCUT2D eigenvalue weighted by Crippen LogP contribution is 2.31. The standard InChI is InChI=1S/C11H15NO/c1-7-3-4-9-8(2)13-6-11(12)10(9)5-7/h3-5,8,11H,6,12H2,1-2H3. The Balaban J connectivity index is 2.50. The number of nitrogens with two attached hydrogens (primary N) is 1. The molecule has 13 heavy (non-hydrogen) atoms. The van der Waals surface area contributed by atoms with Crippen LogP contribution in [-0.4, -0.2) is 6.61 Å². The van der Waals surface area contributed by atoms with Crippen molar-refractivity contribution in [2.45, 2.75) is 26.0 Å². The summed E-state index contributed by atoms with van der Waals surface area (Å²) < 4.78 is 5.53. The first kappa shape index (κ1) is 8.73. The lowest BCUT2D eigenvalue weighted by Crippen LogP contribution is -2.25. The third kappa shape index (κ3) is 1.47. The van der Waals surface area contributed by atoms with Crippen LogP contribution in [0, 0.1) is 6.92 Å². The van der Waals surface area contributed by atoms with E-state index in [0.29, 0.717) is 6.61 Å². The van der Waals surface area contributed by atoms with Gasteiger partial charge in [0, 0.05) is 0 Å². The van der Waals surface area contributed by atoms with E-state index in [1.165, 1.54) is 16.7 Å². The largest absolute Gasteiger partial charge is 0.372 e. The van der Waals surface area contributed by atoms with Gasteiger partial charge in [0.05, 0.1) is 18.8 Å². The third-order valence-corrected chi connectivity index (χ3v) is 2.61. The molecule has 2 unspecified atom stereocenters. The van der Waals surface area contributed by atoms with Crippen LogP contribution in [0.4, 0.5) is 0 Å². The molecule has 2 N–H and O–H groups in total. The molecule has 1 aliphatic heterocycles. The van der Waals surface area contributed by atoms with E-state index < -0.39 is 0 Å². The fourth-order valence-electron chi connectivity index (χ4n) is 1.81. The highest BCUT2D eigenvalue weighted by molar-refractivity contribution is 5.36. The number of rotatable bonds is 0. The lowest BCUT2D eigenvalue weighted by molar-refractivity contribution is 0.0407. The number of fused-ring (bicyclic) bond motifs is 1. The fourth-order valence-corrected chi connectivity index (χ4v) is 1.81. The van der Waals surface area contributed by atoms with Crippen LogP contribution in [0.2, 0.25) is 0 Å². The van der Waals surface area contributed by atoms with Gasteiger partial charge in [-0.05, 0) is 25.0 Å². The molecule has 70 valence electrons. The Hall–Kier alpha value is -0.860. The first-order chi connectivity index (χ1) is 6.18. The molecule has 1 aromatic rings. The summed E-state index contributed by atoms with van der Waals surface area (Å²) in [5.41, 5.74) is 9.71. The number of aryl methyl sites for hydroxylation is 1. The topological polar surface area (TPSA) is 35.2 Å². The van der Waals surface area contributed by atoms with Gasteiger partial charge in [0.15, 0.2) is 0 Å². The normalized spacial score (nSPS) is 27.0. The van der Waals surface area contributed by atoms with E-state index in [9.17, 15) is 0 Å². The summed E-state index contributed by atoms with van der Waals surface area (Å²) in [4.78, 5) is 0. The third-order valence-electron chi connectivity index (χ3n) is 2.61. The Kier molecular flexibility index (Phi) is 2.10. The van der Waals surface area contributed by atoms with E-state index in [1.807, 2.05) is 0 Å². The first-order valence-electron chi connectivity index (χ1n) is 4.66. The van der Waals surface area contributed by atoms with Crippen LogP contribution in [0.5, 0.6) is 0 Å². The quantitative estimate of drug-likeness (QED) is 0.658. The van der Waals surface area contributed by atoms with Gasteiger partial charge in [0.2, 0.25) is 0 Å². The summed E-state index contributed by atoms with van der Waals surface area (Å²) in [6, 6.07) is 6.44. The summed E-state index contributed by atoms with van der Waals surface area (Å²) in [5, 5.41) is 0. The van der Waals surface area contributed by atoms with Gasteiger partial charge in [0.25, 0.3) is 0 Å². The zero-order valence-electron chi connectivity index (χ0n) is 8.08. The number of hydrogen-bond donors (Lipinski definition) is 1. The molecular formula is C11H15NO. The monoisotopic (exact) mass is 177 g/mol. The second kappa shape index (κ2) is 3.13. The molecule has 1 aliphatic rings. The minimum atomic E-state index is 0.0473. The van der Waals surface area contributed by atoms with Gasteiger partial charge >= 0.3 is 0 Å². The van der Waals surface area contributed by atoms with Gasteiger partial charge in [-0.15, -0.1) is 0 Å². The molecule has 0 spiro atoms. The zero-order chi connectivity index (χ0) is 9.42. The minimum absolute atomic E-state index is 0.0473. The molecule has 0 saturated carbocycles. The van der Waals surface area contributed by atoms with Crippen molar-refractivity contribution in [3.63, 3.8) is 0 Å². The molecule has 0 bridgehead atoms. The molecule has 0 saturated heterocycles. The van der Waals surface area contributed by atoms with Gasteiger partial charge < -0.3 is 10.5 Å². The molecule has 2 rings (SSSR count). The Morgan fingerprint density at radius 1 is 1.38 bits per heavy atom. The van der Waals surface area contributed by atoms with Gasteiger partial charge in [-0.1, -0.05) is 23.8 Å². The van der Waals surface area contributed by atoms with E-state index >= 15 is 0 Å². The predicted molar refractivity (Wildman–Crippen MR) is 52.5 cm³/mol. The second-order valence-corrected chi connectivity index (χ2v) is 3.71. The predicted octanol–water partition coefficient (Wildman–Crippen LogP) is 2.09. The van der Waals surface area contributed by atoms with Gasteiger partial charge in [-0.2, -0.15) is 0 Å². The summed E-state index contributed by atoms with van der Waals surface area (Å²) in [5.74, 6) is 0. The van der Waals surface area contributed by atoms with E-state index in [0.717, 1.165) is 0 Å². The molecule has 2 atom stereocenters. The molecule has 2 heteroatoms. The minimum Gasteiger partial charge on any atom is -0.372 e. The van der Waals surface area contributed by atoms with E-state index in [2.05, 4.69) is 32.0 Å². The van der Waals surface area contributed by atoms with Crippen LogP contribution in [-0.2, 0) is 4.74 Å². The SMILES string of the molecule is Cc1ccc2c(c1)C(N)COC2C. The molecule has 0 amide bonds. The van der Waals surface area contributed by atoms with E-state index in [1.54, 1.807) is 0 Å². The molecule has 1 aromatic carbocycles. The molecule has 0 fully saturated rings. The van der Waals surface area contributed by atoms with Gasteiger partial charge in [-0.25, -0.2) is 0 Å². The molecule has 1 heterocycles. The summed E-state index contributed by atoms with van der Waals surface area (Å²) in [6.45, 7) is 4.80. The van der Waals surface area contributed by atoms with Crippen LogP contribution < -0.4 is 5.73 Å². The highest BCUT2D eigenvalue weighted by Gasteiger charge is 2.22.